The van der Waals surface area contributed by atoms with Crippen LogP contribution in [0.3, 0.4) is 0 Å². The van der Waals surface area contributed by atoms with Gasteiger partial charge in [0.25, 0.3) is 5.56 Å². The molecule has 3 aromatic rings. The van der Waals surface area contributed by atoms with Crippen LogP contribution in [0.2, 0.25) is 10.0 Å². The molecule has 0 saturated heterocycles. The minimum Gasteiger partial charge on any atom is -0.460 e. The van der Waals surface area contributed by atoms with Crippen LogP contribution in [0.4, 0.5) is 4.39 Å². The Morgan fingerprint density at radius 3 is 2.78 bits per heavy atom. The maximum atomic E-state index is 14.1. The summed E-state index contributed by atoms with van der Waals surface area (Å²) in [5, 5.41) is 3.90. The summed E-state index contributed by atoms with van der Waals surface area (Å²) in [6, 6.07) is 12.1. The molecule has 0 radical (unpaired) electrons. The molecule has 27 heavy (non-hydrogen) atoms. The normalized spacial score (nSPS) is 15.9. The first-order chi connectivity index (χ1) is 13.0. The molecule has 0 spiro atoms. The number of ether oxygens (including phenoxy) is 2. The third-order valence-corrected chi connectivity index (χ3v) is 4.91. The number of rotatable bonds is 3. The van der Waals surface area contributed by atoms with Gasteiger partial charge in [0, 0.05) is 16.7 Å². The monoisotopic (exact) mass is 406 g/mol. The molecule has 0 aliphatic carbocycles. The van der Waals surface area contributed by atoms with Crippen LogP contribution in [0.5, 0.6) is 5.75 Å². The molecule has 4 rings (SSSR count). The standard InChI is InChI=1S/C19H13Cl2FN2O3/c20-15-8-23-24(18(25)16(15)21)9-12-6-14(22)7-13-10-26-19(27-17(12)13)11-4-2-1-3-5-11/h1-8,19H,9-10H2/t19-/m1/s1. The van der Waals surface area contributed by atoms with Crippen LogP contribution in [-0.4, -0.2) is 9.78 Å². The lowest BCUT2D eigenvalue weighted by Crippen LogP contribution is -2.25. The lowest BCUT2D eigenvalue weighted by molar-refractivity contribution is -0.112. The van der Waals surface area contributed by atoms with Gasteiger partial charge >= 0.3 is 0 Å². The fraction of sp³-hybridized carbons (Fsp3) is 0.158. The van der Waals surface area contributed by atoms with Gasteiger partial charge in [0.05, 0.1) is 24.4 Å². The summed E-state index contributed by atoms with van der Waals surface area (Å²) in [6.07, 6.45) is 0.648. The molecule has 138 valence electrons. The zero-order chi connectivity index (χ0) is 19.0. The summed E-state index contributed by atoms with van der Waals surface area (Å²) < 4.78 is 26.8. The number of benzene rings is 2. The summed E-state index contributed by atoms with van der Waals surface area (Å²) in [4.78, 5) is 12.3. The van der Waals surface area contributed by atoms with Crippen molar-refractivity contribution in [3.05, 3.63) is 91.6 Å². The van der Waals surface area contributed by atoms with E-state index in [1.165, 1.54) is 18.3 Å². The maximum Gasteiger partial charge on any atom is 0.287 e. The first-order valence-electron chi connectivity index (χ1n) is 8.08. The van der Waals surface area contributed by atoms with Crippen molar-refractivity contribution in [2.24, 2.45) is 0 Å². The van der Waals surface area contributed by atoms with Crippen molar-refractivity contribution in [2.75, 3.05) is 0 Å². The predicted octanol–water partition coefficient (Wildman–Crippen LogP) is 4.35. The molecule has 1 atom stereocenters. The van der Waals surface area contributed by atoms with E-state index in [4.69, 9.17) is 32.7 Å². The summed E-state index contributed by atoms with van der Waals surface area (Å²) >= 11 is 11.7. The van der Waals surface area contributed by atoms with Crippen LogP contribution in [0.15, 0.2) is 53.5 Å². The smallest absolute Gasteiger partial charge is 0.287 e. The molecule has 2 aromatic carbocycles. The Kier molecular flexibility index (Phi) is 4.86. The summed E-state index contributed by atoms with van der Waals surface area (Å²) in [6.45, 7) is 0.167. The van der Waals surface area contributed by atoms with E-state index in [1.807, 2.05) is 30.3 Å². The fourth-order valence-electron chi connectivity index (χ4n) is 2.89. The van der Waals surface area contributed by atoms with Crippen LogP contribution < -0.4 is 10.3 Å². The minimum atomic E-state index is -0.624. The Morgan fingerprint density at radius 1 is 1.22 bits per heavy atom. The average Bonchev–Trinajstić information content (AvgIpc) is 2.68. The van der Waals surface area contributed by atoms with Gasteiger partial charge in [0.1, 0.15) is 16.6 Å². The second-order valence-corrected chi connectivity index (χ2v) is 6.78. The van der Waals surface area contributed by atoms with Gasteiger partial charge in [-0.15, -0.1) is 0 Å². The largest absolute Gasteiger partial charge is 0.460 e. The van der Waals surface area contributed by atoms with E-state index in [9.17, 15) is 9.18 Å². The highest BCUT2D eigenvalue weighted by molar-refractivity contribution is 6.41. The lowest BCUT2D eigenvalue weighted by atomic mass is 10.1. The van der Waals surface area contributed by atoms with E-state index in [2.05, 4.69) is 5.10 Å². The molecule has 0 N–H and O–H groups in total. The van der Waals surface area contributed by atoms with Crippen molar-refractivity contribution in [3.63, 3.8) is 0 Å². The molecule has 1 aromatic heterocycles. The molecule has 0 fully saturated rings. The number of aromatic nitrogens is 2. The van der Waals surface area contributed by atoms with Crippen LogP contribution >= 0.6 is 23.2 Å². The summed E-state index contributed by atoms with van der Waals surface area (Å²) in [5.41, 5.74) is 1.30. The van der Waals surface area contributed by atoms with Gasteiger partial charge in [-0.25, -0.2) is 9.07 Å². The number of hydrogen-bond acceptors (Lipinski definition) is 4. The highest BCUT2D eigenvalue weighted by atomic mass is 35.5. The molecular formula is C19H13Cl2FN2O3. The van der Waals surface area contributed by atoms with Crippen molar-refractivity contribution in [2.45, 2.75) is 19.4 Å². The molecule has 2 heterocycles. The molecule has 5 nitrogen and oxygen atoms in total. The number of fused-ring (bicyclic) bond motifs is 1. The molecule has 1 aliphatic heterocycles. The fourth-order valence-corrected chi connectivity index (χ4v) is 3.16. The van der Waals surface area contributed by atoms with E-state index in [0.29, 0.717) is 16.9 Å². The van der Waals surface area contributed by atoms with Crippen LogP contribution in [0.1, 0.15) is 23.0 Å². The molecule has 0 saturated carbocycles. The van der Waals surface area contributed by atoms with Crippen molar-refractivity contribution >= 4 is 23.2 Å². The first-order valence-corrected chi connectivity index (χ1v) is 8.84. The van der Waals surface area contributed by atoms with Crippen molar-refractivity contribution in [1.82, 2.24) is 9.78 Å². The molecule has 0 unspecified atom stereocenters. The van der Waals surface area contributed by atoms with Gasteiger partial charge in [-0.3, -0.25) is 4.79 Å². The predicted molar refractivity (Wildman–Crippen MR) is 98.6 cm³/mol. The van der Waals surface area contributed by atoms with Crippen molar-refractivity contribution < 1.29 is 13.9 Å². The Morgan fingerprint density at radius 2 is 2.00 bits per heavy atom. The Bertz CT molecular complexity index is 1060. The topological polar surface area (TPSA) is 53.4 Å². The van der Waals surface area contributed by atoms with Gasteiger partial charge in [0.2, 0.25) is 6.29 Å². The van der Waals surface area contributed by atoms with E-state index >= 15 is 0 Å². The van der Waals surface area contributed by atoms with E-state index < -0.39 is 17.7 Å². The third kappa shape index (κ3) is 3.56. The van der Waals surface area contributed by atoms with E-state index in [-0.39, 0.29) is 23.2 Å². The minimum absolute atomic E-state index is 0.0165. The van der Waals surface area contributed by atoms with Crippen LogP contribution in [0, 0.1) is 5.82 Å². The SMILES string of the molecule is O=c1c(Cl)c(Cl)cnn1Cc1cc(F)cc2c1O[C@H](c1ccccc1)OC2. The van der Waals surface area contributed by atoms with E-state index in [1.54, 1.807) is 0 Å². The first kappa shape index (κ1) is 18.0. The number of hydrogen-bond donors (Lipinski definition) is 0. The highest BCUT2D eigenvalue weighted by Crippen LogP contribution is 2.36. The number of nitrogens with zero attached hydrogens (tertiary/aromatic N) is 2. The summed E-state index contributed by atoms with van der Waals surface area (Å²) in [5.74, 6) is 0.0125. The van der Waals surface area contributed by atoms with Gasteiger partial charge in [-0.1, -0.05) is 53.5 Å². The van der Waals surface area contributed by atoms with Gasteiger partial charge in [0.15, 0.2) is 0 Å². The molecular weight excluding hydrogens is 394 g/mol. The third-order valence-electron chi connectivity index (χ3n) is 4.16. The van der Waals surface area contributed by atoms with Crippen LogP contribution in [0.25, 0.3) is 0 Å². The van der Waals surface area contributed by atoms with Gasteiger partial charge in [-0.2, -0.15) is 5.10 Å². The van der Waals surface area contributed by atoms with Gasteiger partial charge in [-0.05, 0) is 12.1 Å². The van der Waals surface area contributed by atoms with Gasteiger partial charge < -0.3 is 9.47 Å². The Balaban J connectivity index is 1.72. The maximum absolute atomic E-state index is 14.1. The van der Waals surface area contributed by atoms with Crippen molar-refractivity contribution in [3.8, 4) is 5.75 Å². The quantitative estimate of drug-likeness (QED) is 0.648. The number of halogens is 3. The summed E-state index contributed by atoms with van der Waals surface area (Å²) in [7, 11) is 0. The zero-order valence-electron chi connectivity index (χ0n) is 13.9. The zero-order valence-corrected chi connectivity index (χ0v) is 15.4. The molecule has 0 amide bonds. The molecule has 8 heteroatoms. The highest BCUT2D eigenvalue weighted by Gasteiger charge is 2.25. The Hall–Kier alpha value is -2.41. The van der Waals surface area contributed by atoms with Crippen LogP contribution in [-0.2, 0) is 17.9 Å². The Labute approximate surface area is 163 Å². The average molecular weight is 407 g/mol. The lowest BCUT2D eigenvalue weighted by Gasteiger charge is -2.28. The molecule has 1 aliphatic rings. The molecule has 0 bridgehead atoms. The van der Waals surface area contributed by atoms with E-state index in [0.717, 1.165) is 10.2 Å². The van der Waals surface area contributed by atoms with Crippen molar-refractivity contribution in [1.29, 1.82) is 0 Å². The second-order valence-electron chi connectivity index (χ2n) is 5.99. The second kappa shape index (κ2) is 7.31.